The average Bonchev–Trinajstić information content (AvgIpc) is 2.14. The first kappa shape index (κ1) is 10.5. The first-order chi connectivity index (χ1) is 6.63. The molecule has 0 fully saturated rings. The predicted octanol–water partition coefficient (Wildman–Crippen LogP) is 1.43. The summed E-state index contributed by atoms with van der Waals surface area (Å²) in [5.41, 5.74) is -0.142. The van der Waals surface area contributed by atoms with Gasteiger partial charge in [0.25, 0.3) is 0 Å². The largest absolute Gasteiger partial charge is 0.477 e. The smallest absolute Gasteiger partial charge is 0.354 e. The van der Waals surface area contributed by atoms with E-state index in [-0.39, 0.29) is 11.0 Å². The van der Waals surface area contributed by atoms with Crippen LogP contribution in [0.5, 0.6) is 0 Å². The molecule has 5 nitrogen and oxygen atoms in total. The Morgan fingerprint density at radius 3 is 3.00 bits per heavy atom. The van der Waals surface area contributed by atoms with Gasteiger partial charge in [0.15, 0.2) is 5.69 Å². The molecule has 14 heavy (non-hydrogen) atoms. The first-order valence-electron chi connectivity index (χ1n) is 3.76. The number of rotatable bonds is 4. The zero-order chi connectivity index (χ0) is 10.6. The van der Waals surface area contributed by atoms with Gasteiger partial charge in [-0.2, -0.15) is 0 Å². The molecule has 1 heterocycles. The van der Waals surface area contributed by atoms with E-state index in [4.69, 9.17) is 16.7 Å². The van der Waals surface area contributed by atoms with Crippen LogP contribution < -0.4 is 5.32 Å². The van der Waals surface area contributed by atoms with Crippen LogP contribution in [0.3, 0.4) is 0 Å². The Kier molecular flexibility index (Phi) is 3.41. The summed E-state index contributed by atoms with van der Waals surface area (Å²) in [6.07, 6.45) is 1.62. The molecular weight excluding hydrogens is 206 g/mol. The van der Waals surface area contributed by atoms with Crippen molar-refractivity contribution in [1.29, 1.82) is 0 Å². The Morgan fingerprint density at radius 2 is 2.43 bits per heavy atom. The zero-order valence-corrected chi connectivity index (χ0v) is 7.95. The zero-order valence-electron chi connectivity index (χ0n) is 7.20. The highest BCUT2D eigenvalue weighted by atomic mass is 35.5. The van der Waals surface area contributed by atoms with Crippen molar-refractivity contribution >= 4 is 23.4 Å². The second-order valence-electron chi connectivity index (χ2n) is 2.38. The van der Waals surface area contributed by atoms with Crippen molar-refractivity contribution in [1.82, 2.24) is 9.97 Å². The van der Waals surface area contributed by atoms with E-state index in [9.17, 15) is 4.79 Å². The van der Waals surface area contributed by atoms with Gasteiger partial charge in [-0.05, 0) is 11.6 Å². The molecule has 74 valence electrons. The standard InChI is InChI=1S/C8H8ClN3O2/c1-2-3-10-6-4-5(7(13)14)11-8(9)12-6/h2,4H,1,3H2,(H,13,14)(H,10,11,12). The molecule has 0 unspecified atom stereocenters. The summed E-state index contributed by atoms with van der Waals surface area (Å²) in [5, 5.41) is 11.4. The van der Waals surface area contributed by atoms with E-state index in [1.165, 1.54) is 6.07 Å². The third-order valence-electron chi connectivity index (χ3n) is 1.35. The Hall–Kier alpha value is -1.62. The second-order valence-corrected chi connectivity index (χ2v) is 2.72. The summed E-state index contributed by atoms with van der Waals surface area (Å²) < 4.78 is 0. The molecule has 0 atom stereocenters. The van der Waals surface area contributed by atoms with Crippen LogP contribution in [0.15, 0.2) is 18.7 Å². The number of nitrogens with zero attached hydrogens (tertiary/aromatic N) is 2. The summed E-state index contributed by atoms with van der Waals surface area (Å²) in [5.74, 6) is -0.779. The lowest BCUT2D eigenvalue weighted by atomic mass is 10.4. The third kappa shape index (κ3) is 2.70. The summed E-state index contributed by atoms with van der Waals surface area (Å²) in [4.78, 5) is 17.9. The molecular formula is C8H8ClN3O2. The van der Waals surface area contributed by atoms with E-state index < -0.39 is 5.97 Å². The van der Waals surface area contributed by atoms with Gasteiger partial charge in [-0.1, -0.05) is 6.08 Å². The first-order valence-corrected chi connectivity index (χ1v) is 4.14. The molecule has 2 N–H and O–H groups in total. The van der Waals surface area contributed by atoms with Crippen LogP contribution >= 0.6 is 11.6 Å². The van der Waals surface area contributed by atoms with Crippen LogP contribution in [0.4, 0.5) is 5.82 Å². The van der Waals surface area contributed by atoms with Crippen molar-refractivity contribution in [2.75, 3.05) is 11.9 Å². The van der Waals surface area contributed by atoms with Gasteiger partial charge < -0.3 is 10.4 Å². The number of carbonyl (C=O) groups is 1. The molecule has 0 aliphatic carbocycles. The number of hydrogen-bond donors (Lipinski definition) is 2. The molecule has 0 amide bonds. The molecule has 0 aromatic carbocycles. The summed E-state index contributed by atoms with van der Waals surface area (Å²) in [7, 11) is 0. The topological polar surface area (TPSA) is 75.1 Å². The normalized spacial score (nSPS) is 9.50. The van der Waals surface area contributed by atoms with Crippen LogP contribution in [-0.2, 0) is 0 Å². The molecule has 0 radical (unpaired) electrons. The minimum atomic E-state index is -1.14. The third-order valence-corrected chi connectivity index (χ3v) is 1.51. The molecule has 0 saturated carbocycles. The van der Waals surface area contributed by atoms with Gasteiger partial charge >= 0.3 is 5.97 Å². The number of aromatic nitrogens is 2. The number of hydrogen-bond acceptors (Lipinski definition) is 4. The molecule has 0 spiro atoms. The van der Waals surface area contributed by atoms with E-state index in [1.54, 1.807) is 6.08 Å². The fourth-order valence-electron chi connectivity index (χ4n) is 0.795. The molecule has 1 rings (SSSR count). The predicted molar refractivity (Wildman–Crippen MR) is 52.7 cm³/mol. The minimum absolute atomic E-state index is 0.100. The highest BCUT2D eigenvalue weighted by Gasteiger charge is 2.08. The van der Waals surface area contributed by atoms with Crippen molar-refractivity contribution < 1.29 is 9.90 Å². The van der Waals surface area contributed by atoms with Crippen LogP contribution in [0, 0.1) is 0 Å². The molecule has 0 saturated heterocycles. The van der Waals surface area contributed by atoms with Gasteiger partial charge in [-0.15, -0.1) is 6.58 Å². The van der Waals surface area contributed by atoms with Gasteiger partial charge in [0.1, 0.15) is 5.82 Å². The monoisotopic (exact) mass is 213 g/mol. The summed E-state index contributed by atoms with van der Waals surface area (Å²) in [6.45, 7) is 3.98. The SMILES string of the molecule is C=CCNc1cc(C(=O)O)nc(Cl)n1. The lowest BCUT2D eigenvalue weighted by Gasteiger charge is -2.03. The lowest BCUT2D eigenvalue weighted by Crippen LogP contribution is -2.06. The quantitative estimate of drug-likeness (QED) is 0.585. The van der Waals surface area contributed by atoms with Gasteiger partial charge in [-0.25, -0.2) is 14.8 Å². The van der Waals surface area contributed by atoms with Crippen molar-refractivity contribution in [3.05, 3.63) is 29.7 Å². The van der Waals surface area contributed by atoms with Crippen molar-refractivity contribution in [3.63, 3.8) is 0 Å². The molecule has 0 aliphatic heterocycles. The molecule has 6 heteroatoms. The number of aromatic carboxylic acids is 1. The number of anilines is 1. The molecule has 0 aliphatic rings. The highest BCUT2D eigenvalue weighted by Crippen LogP contribution is 2.10. The van der Waals surface area contributed by atoms with E-state index in [0.29, 0.717) is 12.4 Å². The Morgan fingerprint density at radius 1 is 1.71 bits per heavy atom. The summed E-state index contributed by atoms with van der Waals surface area (Å²) >= 11 is 5.52. The average molecular weight is 214 g/mol. The molecule has 1 aromatic rings. The van der Waals surface area contributed by atoms with Gasteiger partial charge in [-0.3, -0.25) is 0 Å². The molecule has 0 bridgehead atoms. The molecule has 1 aromatic heterocycles. The van der Waals surface area contributed by atoms with E-state index in [0.717, 1.165) is 0 Å². The van der Waals surface area contributed by atoms with Crippen LogP contribution in [0.1, 0.15) is 10.5 Å². The van der Waals surface area contributed by atoms with E-state index in [2.05, 4.69) is 21.9 Å². The van der Waals surface area contributed by atoms with Gasteiger partial charge in [0, 0.05) is 12.6 Å². The van der Waals surface area contributed by atoms with Gasteiger partial charge in [0.2, 0.25) is 5.28 Å². The maximum atomic E-state index is 10.6. The lowest BCUT2D eigenvalue weighted by molar-refractivity contribution is 0.0690. The number of carboxylic acids is 1. The fourth-order valence-corrected chi connectivity index (χ4v) is 0.977. The number of nitrogens with one attached hydrogen (secondary N) is 1. The maximum absolute atomic E-state index is 10.6. The Labute approximate surface area is 85.4 Å². The number of carboxylic acid groups (broad SMARTS) is 1. The van der Waals surface area contributed by atoms with Crippen molar-refractivity contribution in [2.24, 2.45) is 0 Å². The van der Waals surface area contributed by atoms with Gasteiger partial charge in [0.05, 0.1) is 0 Å². The van der Waals surface area contributed by atoms with Crippen LogP contribution in [0.25, 0.3) is 0 Å². The minimum Gasteiger partial charge on any atom is -0.477 e. The van der Waals surface area contributed by atoms with Crippen LogP contribution in [0.2, 0.25) is 5.28 Å². The Balaban J connectivity index is 2.94. The Bertz CT molecular complexity index is 368. The maximum Gasteiger partial charge on any atom is 0.354 e. The number of halogens is 1. The highest BCUT2D eigenvalue weighted by molar-refractivity contribution is 6.28. The summed E-state index contributed by atoms with van der Waals surface area (Å²) in [6, 6.07) is 1.30. The fraction of sp³-hybridized carbons (Fsp3) is 0.125. The van der Waals surface area contributed by atoms with Crippen LogP contribution in [-0.4, -0.2) is 27.6 Å². The van der Waals surface area contributed by atoms with E-state index in [1.807, 2.05) is 0 Å². The van der Waals surface area contributed by atoms with Crippen molar-refractivity contribution in [3.8, 4) is 0 Å². The van der Waals surface area contributed by atoms with E-state index >= 15 is 0 Å². The second kappa shape index (κ2) is 4.57. The van der Waals surface area contributed by atoms with Crippen molar-refractivity contribution in [2.45, 2.75) is 0 Å².